The molecule has 200 valence electrons. The molecular weight excluding hydrogens is 530 g/mol. The van der Waals surface area contributed by atoms with Crippen molar-refractivity contribution in [1.82, 2.24) is 28.5 Å². The van der Waals surface area contributed by atoms with Crippen LogP contribution in [0, 0.1) is 11.3 Å². The van der Waals surface area contributed by atoms with Gasteiger partial charge in [0, 0.05) is 29.0 Å². The Balaban J connectivity index is 1.34. The second-order valence-electron chi connectivity index (χ2n) is 10.5. The van der Waals surface area contributed by atoms with Crippen molar-refractivity contribution in [1.29, 1.82) is 5.26 Å². The number of hydrogen-bond acceptors (Lipinski definition) is 4. The maximum atomic E-state index is 10.3. The smallest absolute Gasteiger partial charge is 0.220 e. The van der Waals surface area contributed by atoms with Crippen LogP contribution >= 0.6 is 0 Å². The fraction of sp³-hybridized carbons (Fsp3) is 0. The molecule has 0 saturated carbocycles. The van der Waals surface area contributed by atoms with E-state index in [9.17, 15) is 5.26 Å². The molecule has 5 heterocycles. The summed E-state index contributed by atoms with van der Waals surface area (Å²) in [6.07, 6.45) is 3.60. The van der Waals surface area contributed by atoms with Crippen LogP contribution in [0.1, 0.15) is 5.56 Å². The van der Waals surface area contributed by atoms with Gasteiger partial charge in [-0.15, -0.1) is 0 Å². The van der Waals surface area contributed by atoms with Crippen molar-refractivity contribution in [3.05, 3.63) is 133 Å². The van der Waals surface area contributed by atoms with Gasteiger partial charge in [0.1, 0.15) is 5.65 Å². The molecule has 0 aliphatic rings. The van der Waals surface area contributed by atoms with Crippen LogP contribution in [-0.4, -0.2) is 28.5 Å². The molecule has 0 spiro atoms. The first-order valence-corrected chi connectivity index (χ1v) is 14.0. The van der Waals surface area contributed by atoms with E-state index in [0.717, 1.165) is 72.4 Å². The molecule has 0 aliphatic carbocycles. The Hall–Kier alpha value is -6.26. The Morgan fingerprint density at radius 3 is 2.30 bits per heavy atom. The number of fused-ring (bicyclic) bond motifs is 8. The van der Waals surface area contributed by atoms with Gasteiger partial charge < -0.3 is 0 Å². The van der Waals surface area contributed by atoms with Gasteiger partial charge in [0.15, 0.2) is 0 Å². The van der Waals surface area contributed by atoms with E-state index in [1.54, 1.807) is 12.4 Å². The van der Waals surface area contributed by atoms with E-state index in [2.05, 4.69) is 79.2 Å². The number of aromatic nitrogens is 6. The van der Waals surface area contributed by atoms with Crippen LogP contribution in [0.4, 0.5) is 0 Å². The number of nitriles is 1. The van der Waals surface area contributed by atoms with Gasteiger partial charge in [-0.25, -0.2) is 9.97 Å². The SMILES string of the molecule is N#Cc1cccc(-n2c3cccnc3c3cccnc32)c1-c1cccc(-n2c3ccccc3n3c4ccccc4nc23)c1. The maximum Gasteiger partial charge on any atom is 0.220 e. The van der Waals surface area contributed by atoms with Gasteiger partial charge in [0.05, 0.1) is 50.4 Å². The number of pyridine rings is 2. The van der Waals surface area contributed by atoms with E-state index in [-0.39, 0.29) is 0 Å². The quantitative estimate of drug-likeness (QED) is 0.224. The molecule has 0 radical (unpaired) electrons. The predicted molar refractivity (Wildman–Crippen MR) is 170 cm³/mol. The van der Waals surface area contributed by atoms with Gasteiger partial charge in [0.25, 0.3) is 0 Å². The molecule has 0 bridgehead atoms. The molecule has 0 atom stereocenters. The van der Waals surface area contributed by atoms with Crippen LogP contribution in [0.15, 0.2) is 128 Å². The molecule has 9 rings (SSSR count). The van der Waals surface area contributed by atoms with Crippen LogP contribution in [0.5, 0.6) is 0 Å². The number of nitrogens with zero attached hydrogens (tertiary/aromatic N) is 7. The minimum Gasteiger partial charge on any atom is -0.292 e. The number of imidazole rings is 2. The van der Waals surface area contributed by atoms with Crippen LogP contribution in [0.25, 0.3) is 72.4 Å². The zero-order valence-electron chi connectivity index (χ0n) is 22.8. The van der Waals surface area contributed by atoms with Gasteiger partial charge in [-0.2, -0.15) is 5.26 Å². The Morgan fingerprint density at radius 2 is 1.40 bits per heavy atom. The van der Waals surface area contributed by atoms with Gasteiger partial charge in [-0.3, -0.25) is 18.5 Å². The molecule has 0 fully saturated rings. The average molecular weight is 552 g/mol. The molecule has 0 amide bonds. The minimum absolute atomic E-state index is 0.582. The zero-order chi connectivity index (χ0) is 28.5. The van der Waals surface area contributed by atoms with Crippen LogP contribution in [0.3, 0.4) is 0 Å². The second-order valence-corrected chi connectivity index (χ2v) is 10.5. The van der Waals surface area contributed by atoms with E-state index in [1.165, 1.54) is 0 Å². The summed E-state index contributed by atoms with van der Waals surface area (Å²) in [4.78, 5) is 14.5. The Kier molecular flexibility index (Phi) is 4.84. The topological polar surface area (TPSA) is 76.7 Å². The van der Waals surface area contributed by atoms with Crippen molar-refractivity contribution in [2.24, 2.45) is 0 Å². The summed E-state index contributed by atoms with van der Waals surface area (Å²) < 4.78 is 6.52. The third-order valence-corrected chi connectivity index (χ3v) is 8.18. The first kappa shape index (κ1) is 23.4. The Morgan fingerprint density at radius 1 is 0.628 bits per heavy atom. The lowest BCUT2D eigenvalue weighted by molar-refractivity contribution is 1.11. The summed E-state index contributed by atoms with van der Waals surface area (Å²) in [6, 6.07) is 41.2. The molecule has 0 unspecified atom stereocenters. The highest BCUT2D eigenvalue weighted by Gasteiger charge is 2.21. The fourth-order valence-corrected chi connectivity index (χ4v) is 6.43. The van der Waals surface area contributed by atoms with E-state index in [0.29, 0.717) is 5.56 Å². The van der Waals surface area contributed by atoms with Crippen molar-refractivity contribution in [2.45, 2.75) is 0 Å². The summed E-state index contributed by atoms with van der Waals surface area (Å²) in [5.74, 6) is 0.839. The normalized spacial score (nSPS) is 11.7. The lowest BCUT2D eigenvalue weighted by Gasteiger charge is -2.16. The summed E-state index contributed by atoms with van der Waals surface area (Å²) in [5, 5.41) is 11.3. The highest BCUT2D eigenvalue weighted by atomic mass is 15.2. The number of benzene rings is 4. The molecule has 4 aromatic carbocycles. The summed E-state index contributed by atoms with van der Waals surface area (Å²) in [5.41, 5.74) is 10.9. The van der Waals surface area contributed by atoms with Crippen LogP contribution in [0.2, 0.25) is 0 Å². The maximum absolute atomic E-state index is 10.3. The molecular formula is C36H21N7. The predicted octanol–water partition coefficient (Wildman–Crippen LogP) is 7.86. The molecule has 0 aliphatic heterocycles. The first-order valence-electron chi connectivity index (χ1n) is 14.0. The monoisotopic (exact) mass is 551 g/mol. The molecule has 9 aromatic rings. The number of rotatable bonds is 3. The molecule has 0 N–H and O–H groups in total. The summed E-state index contributed by atoms with van der Waals surface area (Å²) >= 11 is 0. The van der Waals surface area contributed by atoms with E-state index in [4.69, 9.17) is 9.97 Å². The largest absolute Gasteiger partial charge is 0.292 e. The molecule has 5 aromatic heterocycles. The third-order valence-electron chi connectivity index (χ3n) is 8.18. The second kappa shape index (κ2) is 8.87. The molecule has 43 heavy (non-hydrogen) atoms. The van der Waals surface area contributed by atoms with Gasteiger partial charge in [0.2, 0.25) is 5.78 Å². The highest BCUT2D eigenvalue weighted by molar-refractivity contribution is 6.06. The summed E-state index contributed by atoms with van der Waals surface area (Å²) in [7, 11) is 0. The molecule has 0 saturated heterocycles. The number of hydrogen-bond donors (Lipinski definition) is 0. The lowest BCUT2D eigenvalue weighted by Crippen LogP contribution is -2.01. The van der Waals surface area contributed by atoms with E-state index < -0.39 is 0 Å². The van der Waals surface area contributed by atoms with Gasteiger partial charge in [-0.1, -0.05) is 42.5 Å². The first-order chi connectivity index (χ1) is 21.3. The van der Waals surface area contributed by atoms with E-state index in [1.807, 2.05) is 60.7 Å². The van der Waals surface area contributed by atoms with Gasteiger partial charge in [-0.05, 0) is 78.4 Å². The fourth-order valence-electron chi connectivity index (χ4n) is 6.43. The third kappa shape index (κ3) is 3.26. The Labute approximate surface area is 245 Å². The number of para-hydroxylation sites is 4. The van der Waals surface area contributed by atoms with Crippen LogP contribution < -0.4 is 0 Å². The highest BCUT2D eigenvalue weighted by Crippen LogP contribution is 2.38. The van der Waals surface area contributed by atoms with Crippen LogP contribution in [-0.2, 0) is 0 Å². The minimum atomic E-state index is 0.582. The van der Waals surface area contributed by atoms with Crippen molar-refractivity contribution in [3.8, 4) is 28.6 Å². The molecule has 7 heteroatoms. The van der Waals surface area contributed by atoms with Gasteiger partial charge >= 0.3 is 0 Å². The standard InChI is InChI=1S/C36H21N7/c37-22-24-10-6-17-31(42-32-18-8-19-38-34(32)26-12-7-20-39-35(26)42)33(24)23-9-5-11-25(21-23)41-29-15-3-4-16-30(29)43-28-14-2-1-13-27(28)40-36(41)43/h1-21H. The van der Waals surface area contributed by atoms with Crippen molar-refractivity contribution < 1.29 is 0 Å². The average Bonchev–Trinajstić information content (AvgIpc) is 3.71. The van der Waals surface area contributed by atoms with Crippen molar-refractivity contribution in [3.63, 3.8) is 0 Å². The molecule has 7 nitrogen and oxygen atoms in total. The zero-order valence-corrected chi connectivity index (χ0v) is 22.8. The Bertz CT molecular complexity index is 2540. The van der Waals surface area contributed by atoms with Crippen molar-refractivity contribution >= 4 is 49.9 Å². The van der Waals surface area contributed by atoms with Crippen molar-refractivity contribution in [2.75, 3.05) is 0 Å². The van der Waals surface area contributed by atoms with E-state index >= 15 is 0 Å². The summed E-state index contributed by atoms with van der Waals surface area (Å²) in [6.45, 7) is 0. The lowest BCUT2D eigenvalue weighted by atomic mass is 9.97.